The molecule has 10 rings (SSSR count). The zero-order valence-electron chi connectivity index (χ0n) is 24.9. The van der Waals surface area contributed by atoms with Crippen LogP contribution in [0.3, 0.4) is 0 Å². The fourth-order valence-electron chi connectivity index (χ4n) is 6.83. The number of rotatable bonds is 0. The minimum atomic E-state index is 0.713. The Balaban J connectivity index is 0.000000104. The Morgan fingerprint density at radius 2 is 0.974 bits per heavy atom. The molecule has 10 aliphatic rings. The Morgan fingerprint density at radius 3 is 1.13 bits per heavy atom. The van der Waals surface area contributed by atoms with E-state index in [1.807, 2.05) is 0 Å². The first kappa shape index (κ1) is 31.7. The molecule has 0 N–H and O–H groups in total. The van der Waals surface area contributed by atoms with Crippen LogP contribution in [0, 0.1) is 29.6 Å². The van der Waals surface area contributed by atoms with Gasteiger partial charge in [0.05, 0.1) is 6.10 Å². The van der Waals surface area contributed by atoms with Gasteiger partial charge in [0.1, 0.15) is 0 Å². The maximum atomic E-state index is 5.23. The van der Waals surface area contributed by atoms with E-state index in [0.717, 1.165) is 40.7 Å². The molecule has 6 saturated carbocycles. The summed E-state index contributed by atoms with van der Waals surface area (Å²) in [7, 11) is 0. The van der Waals surface area contributed by atoms with Gasteiger partial charge in [-0.05, 0) is 92.5 Å². The molecule has 0 spiro atoms. The first-order valence-corrected chi connectivity index (χ1v) is 20.8. The van der Waals surface area contributed by atoms with E-state index >= 15 is 0 Å². The van der Waals surface area contributed by atoms with E-state index in [0.29, 0.717) is 6.10 Å². The van der Waals surface area contributed by atoms with E-state index < -0.39 is 0 Å². The molecule has 4 saturated heterocycles. The summed E-state index contributed by atoms with van der Waals surface area (Å²) in [5, 5.41) is 3.12. The van der Waals surface area contributed by atoms with Crippen LogP contribution in [-0.4, -0.2) is 52.4 Å². The predicted molar refractivity (Wildman–Crippen MR) is 168 cm³/mol. The molecule has 4 heteroatoms. The number of ether oxygens (including phenoxy) is 2. The van der Waals surface area contributed by atoms with Gasteiger partial charge in [0.2, 0.25) is 0 Å². The van der Waals surface area contributed by atoms with Gasteiger partial charge >= 0.3 is 38.4 Å². The second-order valence-electron chi connectivity index (χ2n) is 13.3. The van der Waals surface area contributed by atoms with Crippen molar-refractivity contribution in [2.75, 3.05) is 31.3 Å². The average Bonchev–Trinajstić information content (AvgIpc) is 3.67. The zero-order chi connectivity index (χ0) is 26.1. The van der Waals surface area contributed by atoms with Crippen molar-refractivity contribution >= 4 is 26.7 Å². The molecule has 6 aliphatic carbocycles. The second kappa shape index (κ2) is 19.8. The molecule has 6 unspecified atom stereocenters. The molecule has 38 heavy (non-hydrogen) atoms. The summed E-state index contributed by atoms with van der Waals surface area (Å²) in [6.07, 6.45) is 31.9. The third-order valence-electron chi connectivity index (χ3n) is 9.85. The molecule has 222 valence electrons. The van der Waals surface area contributed by atoms with Gasteiger partial charge in [0.25, 0.3) is 0 Å². The molecular formula is C34H62O2SSe. The third-order valence-corrected chi connectivity index (χ3v) is 13.4. The number of fused-ring (bicyclic) bond motifs is 3. The molecular weight excluding hydrogens is 551 g/mol. The normalized spacial score (nSPS) is 37.3. The van der Waals surface area contributed by atoms with Crippen LogP contribution in [0.2, 0.25) is 10.6 Å². The molecule has 0 bridgehead atoms. The van der Waals surface area contributed by atoms with Crippen molar-refractivity contribution < 1.29 is 9.47 Å². The first-order chi connectivity index (χ1) is 18.9. The second-order valence-corrected chi connectivity index (χ2v) is 17.1. The van der Waals surface area contributed by atoms with Crippen molar-refractivity contribution in [1.82, 2.24) is 0 Å². The van der Waals surface area contributed by atoms with E-state index in [2.05, 4.69) is 11.8 Å². The van der Waals surface area contributed by atoms with E-state index in [9.17, 15) is 0 Å². The van der Waals surface area contributed by atoms with Crippen molar-refractivity contribution in [2.45, 2.75) is 152 Å². The Kier molecular flexibility index (Phi) is 16.6. The van der Waals surface area contributed by atoms with Crippen LogP contribution in [0.15, 0.2) is 0 Å². The Hall–Kier alpha value is 0.789. The molecule has 10 fully saturated rings. The van der Waals surface area contributed by atoms with Gasteiger partial charge in [-0.2, -0.15) is 11.8 Å². The molecule has 0 aromatic rings. The standard InChI is InChI=1S/2C6H10.C5H8O.C5H10.C4H8O.C4H8S.C4H8Se/c2*1-2-5-4-6(5)3-1;1-2-6-5-3-4(1)5;4*1-2-4-5-3-1/h2*5-6H,1-4H2;4-5H,1-3H2;1-5H2;3*1-4H2. The van der Waals surface area contributed by atoms with Crippen molar-refractivity contribution in [3.05, 3.63) is 0 Å². The van der Waals surface area contributed by atoms with Gasteiger partial charge in [-0.15, -0.1) is 0 Å². The van der Waals surface area contributed by atoms with Crippen molar-refractivity contribution in [3.8, 4) is 0 Å². The first-order valence-electron chi connectivity index (χ1n) is 17.2. The molecule has 0 radical (unpaired) electrons. The van der Waals surface area contributed by atoms with Crippen LogP contribution >= 0.6 is 11.8 Å². The summed E-state index contributed by atoms with van der Waals surface area (Å²) in [6, 6.07) is 0. The summed E-state index contributed by atoms with van der Waals surface area (Å²) in [4.78, 5) is 0. The van der Waals surface area contributed by atoms with E-state index in [-0.39, 0.29) is 0 Å². The molecule has 6 atom stereocenters. The van der Waals surface area contributed by atoms with Crippen molar-refractivity contribution in [3.63, 3.8) is 0 Å². The van der Waals surface area contributed by atoms with Gasteiger partial charge in [0.15, 0.2) is 0 Å². The molecule has 2 nitrogen and oxygen atoms in total. The quantitative estimate of drug-likeness (QED) is 0.253. The van der Waals surface area contributed by atoms with Gasteiger partial charge in [-0.1, -0.05) is 70.6 Å². The Bertz CT molecular complexity index is 431. The van der Waals surface area contributed by atoms with Crippen LogP contribution in [0.1, 0.15) is 135 Å². The van der Waals surface area contributed by atoms with Gasteiger partial charge < -0.3 is 9.47 Å². The van der Waals surface area contributed by atoms with E-state index in [1.54, 1.807) is 49.2 Å². The summed E-state index contributed by atoms with van der Waals surface area (Å²) < 4.78 is 10.2. The van der Waals surface area contributed by atoms with Crippen molar-refractivity contribution in [1.29, 1.82) is 0 Å². The molecule has 0 aromatic carbocycles. The van der Waals surface area contributed by atoms with Gasteiger partial charge in [-0.25, -0.2) is 0 Å². The van der Waals surface area contributed by atoms with Gasteiger partial charge in [0, 0.05) is 19.8 Å². The third kappa shape index (κ3) is 14.6. The number of hydrogen-bond donors (Lipinski definition) is 0. The minimum absolute atomic E-state index is 0.713. The fraction of sp³-hybridized carbons (Fsp3) is 1.00. The SMILES string of the molecule is C1CC2CC2C1.C1CC2CC2C1.C1CC2CC2O1.C1CCCC1.C1CCOC1.C1CCSC1.C1CC[Se]C1. The van der Waals surface area contributed by atoms with Crippen LogP contribution < -0.4 is 0 Å². The van der Waals surface area contributed by atoms with Crippen LogP contribution in [0.4, 0.5) is 0 Å². The van der Waals surface area contributed by atoms with Crippen LogP contribution in [0.25, 0.3) is 0 Å². The maximum absolute atomic E-state index is 5.23. The summed E-state index contributed by atoms with van der Waals surface area (Å²) in [6.45, 7) is 3.04. The summed E-state index contributed by atoms with van der Waals surface area (Å²) in [5.74, 6) is 8.68. The van der Waals surface area contributed by atoms with Crippen LogP contribution in [0.5, 0.6) is 0 Å². The molecule has 0 aromatic heterocycles. The average molecular weight is 614 g/mol. The monoisotopic (exact) mass is 614 g/mol. The number of hydrogen-bond acceptors (Lipinski definition) is 3. The molecule has 4 aliphatic heterocycles. The summed E-state index contributed by atoms with van der Waals surface area (Å²) in [5.41, 5.74) is 0. The van der Waals surface area contributed by atoms with Crippen LogP contribution in [-0.2, 0) is 9.47 Å². The fourth-order valence-corrected chi connectivity index (χ4v) is 9.99. The molecule has 0 amide bonds. The Labute approximate surface area is 247 Å². The zero-order valence-corrected chi connectivity index (χ0v) is 27.4. The predicted octanol–water partition coefficient (Wildman–Crippen LogP) is 9.99. The summed E-state index contributed by atoms with van der Waals surface area (Å²) >= 11 is 3.14. The Morgan fingerprint density at radius 1 is 0.447 bits per heavy atom. The topological polar surface area (TPSA) is 18.5 Å². The van der Waals surface area contributed by atoms with E-state index in [1.165, 1.54) is 131 Å². The number of thioether (sulfide) groups is 1. The van der Waals surface area contributed by atoms with Gasteiger partial charge in [-0.3, -0.25) is 0 Å². The molecule has 4 heterocycles. The van der Waals surface area contributed by atoms with E-state index in [4.69, 9.17) is 9.47 Å². The van der Waals surface area contributed by atoms with Crippen molar-refractivity contribution in [2.24, 2.45) is 29.6 Å².